The van der Waals surface area contributed by atoms with Gasteiger partial charge in [-0.25, -0.2) is 9.97 Å². The summed E-state index contributed by atoms with van der Waals surface area (Å²) in [7, 11) is 0. The minimum Gasteiger partial charge on any atom is -0.457 e. The van der Waals surface area contributed by atoms with Crippen LogP contribution in [0.4, 0.5) is 11.6 Å². The highest BCUT2D eigenvalue weighted by Crippen LogP contribution is 2.23. The maximum absolute atomic E-state index is 12.4. The molecule has 1 amide bonds. The van der Waals surface area contributed by atoms with Crippen LogP contribution < -0.4 is 15.4 Å². The van der Waals surface area contributed by atoms with Gasteiger partial charge in [-0.3, -0.25) is 4.79 Å². The molecule has 150 valence electrons. The Balaban J connectivity index is 1.65. The molecule has 1 aromatic heterocycles. The average molecular weight is 390 g/mol. The predicted molar refractivity (Wildman–Crippen MR) is 115 cm³/mol. The topological polar surface area (TPSA) is 76.1 Å². The Hall–Kier alpha value is -3.41. The number of rotatable bonds is 8. The first-order valence-corrected chi connectivity index (χ1v) is 9.73. The van der Waals surface area contributed by atoms with Crippen LogP contribution in [0.1, 0.15) is 36.5 Å². The van der Waals surface area contributed by atoms with Gasteiger partial charge in [-0.15, -0.1) is 0 Å². The zero-order valence-corrected chi connectivity index (χ0v) is 17.0. The monoisotopic (exact) mass is 390 g/mol. The number of carbonyl (C=O) groups is 1. The van der Waals surface area contributed by atoms with Crippen molar-refractivity contribution in [2.45, 2.75) is 27.2 Å². The zero-order chi connectivity index (χ0) is 20.6. The number of hydrogen-bond acceptors (Lipinski definition) is 5. The third-order valence-corrected chi connectivity index (χ3v) is 4.18. The lowest BCUT2D eigenvalue weighted by molar-refractivity contribution is 0.0947. The number of aromatic nitrogens is 2. The summed E-state index contributed by atoms with van der Waals surface area (Å²) in [5.41, 5.74) is 1.88. The van der Waals surface area contributed by atoms with E-state index in [0.29, 0.717) is 24.1 Å². The molecule has 2 N–H and O–H groups in total. The second kappa shape index (κ2) is 9.68. The van der Waals surface area contributed by atoms with Gasteiger partial charge in [0.25, 0.3) is 5.91 Å². The van der Waals surface area contributed by atoms with Crippen molar-refractivity contribution in [3.8, 4) is 11.5 Å². The lowest BCUT2D eigenvalue weighted by atomic mass is 10.1. The molecule has 0 bridgehead atoms. The summed E-state index contributed by atoms with van der Waals surface area (Å²) in [5, 5.41) is 6.05. The molecule has 3 rings (SSSR count). The van der Waals surface area contributed by atoms with Crippen LogP contribution in [0.5, 0.6) is 11.5 Å². The summed E-state index contributed by atoms with van der Waals surface area (Å²) >= 11 is 0. The highest BCUT2D eigenvalue weighted by atomic mass is 16.5. The Bertz CT molecular complexity index is 941. The number of amides is 1. The van der Waals surface area contributed by atoms with Crippen LogP contribution in [0.2, 0.25) is 0 Å². The molecule has 0 aliphatic carbocycles. The summed E-state index contributed by atoms with van der Waals surface area (Å²) < 4.78 is 5.80. The molecule has 2 aromatic carbocycles. The van der Waals surface area contributed by atoms with E-state index < -0.39 is 0 Å². The van der Waals surface area contributed by atoms with E-state index in [0.717, 1.165) is 29.3 Å². The Morgan fingerprint density at radius 2 is 1.69 bits per heavy atom. The fourth-order valence-electron chi connectivity index (χ4n) is 2.67. The molecular formula is C23H26N4O2. The maximum atomic E-state index is 12.4. The number of hydrogen-bond donors (Lipinski definition) is 2. The number of ether oxygens (including phenoxy) is 1. The van der Waals surface area contributed by atoms with Gasteiger partial charge in [0.05, 0.1) is 0 Å². The predicted octanol–water partition coefficient (Wildman–Crippen LogP) is 5.10. The highest BCUT2D eigenvalue weighted by Gasteiger charge is 2.11. The van der Waals surface area contributed by atoms with E-state index in [9.17, 15) is 4.79 Å². The second-order valence-corrected chi connectivity index (χ2v) is 7.22. The van der Waals surface area contributed by atoms with Crippen LogP contribution in [0.25, 0.3) is 0 Å². The Kier molecular flexibility index (Phi) is 6.79. The first-order valence-electron chi connectivity index (χ1n) is 9.73. The SMILES string of the molecule is Cc1cc(C(=O)NCCC(C)C)nc(Nc2ccc(Oc3ccccc3)cc2)n1. The molecule has 0 fully saturated rings. The van der Waals surface area contributed by atoms with Crippen LogP contribution in [-0.2, 0) is 0 Å². The van der Waals surface area contributed by atoms with E-state index in [-0.39, 0.29) is 5.91 Å². The van der Waals surface area contributed by atoms with Crippen molar-refractivity contribution in [3.05, 3.63) is 72.1 Å². The summed E-state index contributed by atoms with van der Waals surface area (Å²) in [6.45, 7) is 6.72. The van der Waals surface area contributed by atoms with Gasteiger partial charge in [0.1, 0.15) is 17.2 Å². The third kappa shape index (κ3) is 6.31. The van der Waals surface area contributed by atoms with E-state index in [1.54, 1.807) is 6.07 Å². The van der Waals surface area contributed by atoms with Gasteiger partial charge in [0.2, 0.25) is 5.95 Å². The molecule has 0 saturated heterocycles. The van der Waals surface area contributed by atoms with Gasteiger partial charge >= 0.3 is 0 Å². The minimum atomic E-state index is -0.189. The number of benzene rings is 2. The van der Waals surface area contributed by atoms with Gasteiger partial charge in [0, 0.05) is 17.9 Å². The number of anilines is 2. The number of nitrogens with zero attached hydrogens (tertiary/aromatic N) is 2. The van der Waals surface area contributed by atoms with Crippen molar-refractivity contribution in [3.63, 3.8) is 0 Å². The number of nitrogens with one attached hydrogen (secondary N) is 2. The quantitative estimate of drug-likeness (QED) is 0.560. The lowest BCUT2D eigenvalue weighted by Gasteiger charge is -2.10. The normalized spacial score (nSPS) is 10.6. The Morgan fingerprint density at radius 3 is 2.38 bits per heavy atom. The molecule has 0 atom stereocenters. The van der Waals surface area contributed by atoms with Crippen molar-refractivity contribution < 1.29 is 9.53 Å². The van der Waals surface area contributed by atoms with Crippen molar-refractivity contribution >= 4 is 17.5 Å². The number of aryl methyl sites for hydroxylation is 1. The van der Waals surface area contributed by atoms with E-state index in [1.165, 1.54) is 0 Å². The smallest absolute Gasteiger partial charge is 0.270 e. The van der Waals surface area contributed by atoms with Gasteiger partial charge in [-0.1, -0.05) is 32.0 Å². The standard InChI is InChI=1S/C23H26N4O2/c1-16(2)13-14-24-22(28)21-15-17(3)25-23(27-21)26-18-9-11-20(12-10-18)29-19-7-5-4-6-8-19/h4-12,15-16H,13-14H2,1-3H3,(H,24,28)(H,25,26,27). The molecule has 6 nitrogen and oxygen atoms in total. The third-order valence-electron chi connectivity index (χ3n) is 4.18. The molecule has 0 aliphatic rings. The second-order valence-electron chi connectivity index (χ2n) is 7.22. The molecule has 29 heavy (non-hydrogen) atoms. The first-order chi connectivity index (χ1) is 14.0. The maximum Gasteiger partial charge on any atom is 0.270 e. The van der Waals surface area contributed by atoms with Crippen LogP contribution in [0.3, 0.4) is 0 Å². The van der Waals surface area contributed by atoms with Crippen LogP contribution >= 0.6 is 0 Å². The van der Waals surface area contributed by atoms with Crippen molar-refractivity contribution in [1.29, 1.82) is 0 Å². The summed E-state index contributed by atoms with van der Waals surface area (Å²) in [4.78, 5) is 21.1. The molecule has 6 heteroatoms. The van der Waals surface area contributed by atoms with E-state index >= 15 is 0 Å². The molecule has 0 spiro atoms. The minimum absolute atomic E-state index is 0.189. The van der Waals surface area contributed by atoms with E-state index in [2.05, 4.69) is 34.4 Å². The van der Waals surface area contributed by atoms with Gasteiger partial charge in [-0.05, 0) is 61.7 Å². The van der Waals surface area contributed by atoms with Crippen molar-refractivity contribution in [1.82, 2.24) is 15.3 Å². The first kappa shape index (κ1) is 20.3. The Labute approximate surface area is 171 Å². The summed E-state index contributed by atoms with van der Waals surface area (Å²) in [6.07, 6.45) is 0.929. The average Bonchev–Trinajstić information content (AvgIpc) is 2.69. The van der Waals surface area contributed by atoms with Gasteiger partial charge in [0.15, 0.2) is 0 Å². The molecule has 0 aliphatic heterocycles. The Morgan fingerprint density at radius 1 is 1.00 bits per heavy atom. The largest absolute Gasteiger partial charge is 0.457 e. The number of carbonyl (C=O) groups excluding carboxylic acids is 1. The molecule has 0 unspecified atom stereocenters. The van der Waals surface area contributed by atoms with Crippen LogP contribution in [0.15, 0.2) is 60.7 Å². The highest BCUT2D eigenvalue weighted by molar-refractivity contribution is 5.92. The molecular weight excluding hydrogens is 364 g/mol. The lowest BCUT2D eigenvalue weighted by Crippen LogP contribution is -2.26. The summed E-state index contributed by atoms with van der Waals surface area (Å²) in [6, 6.07) is 18.8. The molecule has 3 aromatic rings. The fourth-order valence-corrected chi connectivity index (χ4v) is 2.67. The zero-order valence-electron chi connectivity index (χ0n) is 17.0. The molecule has 1 heterocycles. The number of para-hydroxylation sites is 1. The fraction of sp³-hybridized carbons (Fsp3) is 0.261. The van der Waals surface area contributed by atoms with Crippen LogP contribution in [0, 0.1) is 12.8 Å². The van der Waals surface area contributed by atoms with Crippen LogP contribution in [-0.4, -0.2) is 22.4 Å². The van der Waals surface area contributed by atoms with Crippen molar-refractivity contribution in [2.75, 3.05) is 11.9 Å². The summed E-state index contributed by atoms with van der Waals surface area (Å²) in [5.74, 6) is 2.25. The van der Waals surface area contributed by atoms with E-state index in [1.807, 2.05) is 61.5 Å². The van der Waals surface area contributed by atoms with Gasteiger partial charge < -0.3 is 15.4 Å². The molecule has 0 radical (unpaired) electrons. The van der Waals surface area contributed by atoms with Crippen molar-refractivity contribution in [2.24, 2.45) is 5.92 Å². The molecule has 0 saturated carbocycles. The van der Waals surface area contributed by atoms with Gasteiger partial charge in [-0.2, -0.15) is 0 Å². The van der Waals surface area contributed by atoms with E-state index in [4.69, 9.17) is 4.74 Å².